The van der Waals surface area contributed by atoms with Crippen molar-refractivity contribution < 1.29 is 8.42 Å². The molecule has 0 spiro atoms. The third kappa shape index (κ3) is 4.13. The Hall–Kier alpha value is -1.92. The molecule has 1 atom stereocenters. The lowest BCUT2D eigenvalue weighted by Gasteiger charge is -2.25. The summed E-state index contributed by atoms with van der Waals surface area (Å²) in [4.78, 5) is 6.92. The largest absolute Gasteiger partial charge is 0.367 e. The molecule has 1 N–H and O–H groups in total. The summed E-state index contributed by atoms with van der Waals surface area (Å²) in [5.41, 5.74) is 1.30. The number of aromatic nitrogens is 1. The molecule has 1 fully saturated rings. The van der Waals surface area contributed by atoms with Crippen LogP contribution in [0.2, 0.25) is 0 Å². The van der Waals surface area contributed by atoms with Crippen LogP contribution in [0, 0.1) is 0 Å². The average molecular weight is 345 g/mol. The third-order valence-electron chi connectivity index (χ3n) is 4.40. The molecule has 0 radical (unpaired) electrons. The van der Waals surface area contributed by atoms with Crippen LogP contribution in [0.1, 0.15) is 18.4 Å². The second kappa shape index (κ2) is 7.32. The van der Waals surface area contributed by atoms with Gasteiger partial charge in [-0.15, -0.1) is 0 Å². The Morgan fingerprint density at radius 3 is 2.75 bits per heavy atom. The van der Waals surface area contributed by atoms with Gasteiger partial charge in [0.25, 0.3) is 0 Å². The van der Waals surface area contributed by atoms with Gasteiger partial charge in [0.1, 0.15) is 10.7 Å². The Bertz CT molecular complexity index is 778. The lowest BCUT2D eigenvalue weighted by atomic mass is 10.2. The molecule has 5 nitrogen and oxygen atoms in total. The molecule has 1 aliphatic rings. The minimum Gasteiger partial charge on any atom is -0.367 e. The van der Waals surface area contributed by atoms with Crippen LogP contribution in [0.25, 0.3) is 0 Å². The van der Waals surface area contributed by atoms with E-state index in [1.807, 2.05) is 6.07 Å². The van der Waals surface area contributed by atoms with E-state index in [4.69, 9.17) is 0 Å². The fourth-order valence-corrected chi connectivity index (χ4v) is 3.99. The van der Waals surface area contributed by atoms with Gasteiger partial charge in [0, 0.05) is 31.6 Å². The van der Waals surface area contributed by atoms with Crippen molar-refractivity contribution >= 4 is 15.7 Å². The van der Waals surface area contributed by atoms with Crippen LogP contribution >= 0.6 is 0 Å². The zero-order chi connectivity index (χ0) is 17.0. The van der Waals surface area contributed by atoms with E-state index < -0.39 is 9.84 Å². The lowest BCUT2D eigenvalue weighted by Crippen LogP contribution is -2.34. The molecule has 24 heavy (non-hydrogen) atoms. The second-order valence-electron chi connectivity index (χ2n) is 6.26. The summed E-state index contributed by atoms with van der Waals surface area (Å²) >= 11 is 0. The highest BCUT2D eigenvalue weighted by atomic mass is 32.2. The van der Waals surface area contributed by atoms with E-state index >= 15 is 0 Å². The van der Waals surface area contributed by atoms with Gasteiger partial charge in [-0.1, -0.05) is 30.3 Å². The number of anilines is 1. The molecule has 0 bridgehead atoms. The maximum Gasteiger partial charge on any atom is 0.179 e. The van der Waals surface area contributed by atoms with Crippen molar-refractivity contribution in [3.05, 3.63) is 54.2 Å². The van der Waals surface area contributed by atoms with E-state index in [0.717, 1.165) is 19.5 Å². The highest BCUT2D eigenvalue weighted by molar-refractivity contribution is 7.90. The molecule has 128 valence electrons. The van der Waals surface area contributed by atoms with Crippen molar-refractivity contribution in [3.63, 3.8) is 0 Å². The number of hydrogen-bond acceptors (Lipinski definition) is 5. The molecule has 1 aromatic heterocycles. The summed E-state index contributed by atoms with van der Waals surface area (Å²) in [5, 5.41) is 3.25. The van der Waals surface area contributed by atoms with Gasteiger partial charge < -0.3 is 5.32 Å². The highest BCUT2D eigenvalue weighted by Crippen LogP contribution is 2.22. The summed E-state index contributed by atoms with van der Waals surface area (Å²) in [6.07, 6.45) is 5.11. The highest BCUT2D eigenvalue weighted by Gasteiger charge is 2.25. The quantitative estimate of drug-likeness (QED) is 0.872. The fraction of sp³-hybridized carbons (Fsp3) is 0.389. The third-order valence-corrected chi connectivity index (χ3v) is 5.53. The summed E-state index contributed by atoms with van der Waals surface area (Å²) < 4.78 is 23.7. The molecule has 0 aliphatic carbocycles. The van der Waals surface area contributed by atoms with Crippen LogP contribution in [-0.4, -0.2) is 43.7 Å². The Kier molecular flexibility index (Phi) is 5.16. The molecular formula is C18H23N3O2S. The van der Waals surface area contributed by atoms with Crippen LogP contribution in [0.15, 0.2) is 53.6 Å². The number of hydrogen-bond donors (Lipinski definition) is 1. The van der Waals surface area contributed by atoms with E-state index in [1.165, 1.54) is 18.2 Å². The summed E-state index contributed by atoms with van der Waals surface area (Å²) in [7, 11) is -3.28. The Balaban J connectivity index is 1.66. The van der Waals surface area contributed by atoms with Crippen LogP contribution in [0.3, 0.4) is 0 Å². The van der Waals surface area contributed by atoms with Crippen LogP contribution < -0.4 is 5.32 Å². The van der Waals surface area contributed by atoms with Crippen molar-refractivity contribution in [2.75, 3.05) is 24.7 Å². The molecule has 2 aromatic rings. The lowest BCUT2D eigenvalue weighted by molar-refractivity contribution is 0.254. The molecule has 2 heterocycles. The molecule has 0 amide bonds. The molecule has 1 aliphatic heterocycles. The van der Waals surface area contributed by atoms with Gasteiger partial charge in [-0.3, -0.25) is 4.90 Å². The number of sulfone groups is 1. The molecule has 0 saturated carbocycles. The first-order chi connectivity index (χ1) is 11.5. The van der Waals surface area contributed by atoms with Gasteiger partial charge in [-0.05, 0) is 37.1 Å². The van der Waals surface area contributed by atoms with E-state index in [2.05, 4.69) is 39.5 Å². The predicted molar refractivity (Wildman–Crippen MR) is 95.7 cm³/mol. The Morgan fingerprint density at radius 1 is 1.21 bits per heavy atom. The zero-order valence-electron chi connectivity index (χ0n) is 13.9. The van der Waals surface area contributed by atoms with Crippen LogP contribution in [0.4, 0.5) is 5.82 Å². The Morgan fingerprint density at radius 2 is 2.00 bits per heavy atom. The predicted octanol–water partition coefficient (Wildman–Crippen LogP) is 2.56. The minimum absolute atomic E-state index is 0.262. The molecule has 3 rings (SSSR count). The number of rotatable bonds is 6. The number of benzene rings is 1. The van der Waals surface area contributed by atoms with E-state index in [0.29, 0.717) is 18.4 Å². The monoisotopic (exact) mass is 345 g/mol. The maximum absolute atomic E-state index is 11.9. The van der Waals surface area contributed by atoms with Gasteiger partial charge in [0.15, 0.2) is 9.84 Å². The topological polar surface area (TPSA) is 62.3 Å². The SMILES string of the molecule is CS(=O)(=O)c1cccnc1NCC1CCCN1Cc1ccccc1. The van der Waals surface area contributed by atoms with Crippen molar-refractivity contribution in [3.8, 4) is 0 Å². The van der Waals surface area contributed by atoms with E-state index in [9.17, 15) is 8.42 Å². The van der Waals surface area contributed by atoms with Crippen molar-refractivity contribution in [1.82, 2.24) is 9.88 Å². The van der Waals surface area contributed by atoms with Crippen molar-refractivity contribution in [2.24, 2.45) is 0 Å². The first-order valence-electron chi connectivity index (χ1n) is 8.21. The van der Waals surface area contributed by atoms with Gasteiger partial charge in [0.2, 0.25) is 0 Å². The Labute approximate surface area is 143 Å². The van der Waals surface area contributed by atoms with Crippen LogP contribution in [0.5, 0.6) is 0 Å². The molecule has 1 unspecified atom stereocenters. The second-order valence-corrected chi connectivity index (χ2v) is 8.24. The number of nitrogens with zero attached hydrogens (tertiary/aromatic N) is 2. The maximum atomic E-state index is 11.9. The van der Waals surface area contributed by atoms with Crippen molar-refractivity contribution in [1.29, 1.82) is 0 Å². The molecule has 1 saturated heterocycles. The average Bonchev–Trinajstić information content (AvgIpc) is 3.00. The summed E-state index contributed by atoms with van der Waals surface area (Å²) in [6.45, 7) is 2.70. The summed E-state index contributed by atoms with van der Waals surface area (Å²) in [5.74, 6) is 0.451. The standard InChI is InChI=1S/C18H23N3O2S/c1-24(22,23)17-10-5-11-19-18(17)20-13-16-9-6-12-21(16)14-15-7-3-2-4-8-15/h2-5,7-8,10-11,16H,6,9,12-14H2,1H3,(H,19,20). The fourth-order valence-electron chi connectivity index (χ4n) is 3.19. The molecule has 1 aromatic carbocycles. The minimum atomic E-state index is -3.28. The first-order valence-corrected chi connectivity index (χ1v) is 10.1. The van der Waals surface area contributed by atoms with Gasteiger partial charge in [0.05, 0.1) is 0 Å². The number of pyridine rings is 1. The summed E-state index contributed by atoms with van der Waals surface area (Å²) in [6, 6.07) is 14.1. The van der Waals surface area contributed by atoms with Gasteiger partial charge in [-0.25, -0.2) is 13.4 Å². The smallest absolute Gasteiger partial charge is 0.179 e. The number of nitrogens with one attached hydrogen (secondary N) is 1. The first kappa shape index (κ1) is 16.9. The van der Waals surface area contributed by atoms with E-state index in [1.54, 1.807) is 18.3 Å². The molecular weight excluding hydrogens is 322 g/mol. The number of likely N-dealkylation sites (tertiary alicyclic amines) is 1. The van der Waals surface area contributed by atoms with E-state index in [-0.39, 0.29) is 4.90 Å². The van der Waals surface area contributed by atoms with Gasteiger partial charge >= 0.3 is 0 Å². The normalized spacial score (nSPS) is 18.6. The van der Waals surface area contributed by atoms with Gasteiger partial charge in [-0.2, -0.15) is 0 Å². The van der Waals surface area contributed by atoms with Crippen molar-refractivity contribution in [2.45, 2.75) is 30.3 Å². The van der Waals surface area contributed by atoms with Crippen LogP contribution in [-0.2, 0) is 16.4 Å². The molecule has 6 heteroatoms. The zero-order valence-corrected chi connectivity index (χ0v) is 14.7.